The number of aryl methyl sites for hydroxylation is 2. The molecule has 0 unspecified atom stereocenters. The molecular weight excluding hydrogens is 228 g/mol. The predicted molar refractivity (Wildman–Crippen MR) is 69.0 cm³/mol. The molecule has 94 valence electrons. The maximum absolute atomic E-state index is 11.6. The lowest BCUT2D eigenvalue weighted by atomic mass is 10.2. The molecule has 2 rings (SSSR count). The van der Waals surface area contributed by atoms with Gasteiger partial charge >= 0.3 is 5.97 Å². The summed E-state index contributed by atoms with van der Waals surface area (Å²) >= 11 is 0. The zero-order valence-electron chi connectivity index (χ0n) is 10.8. The molecule has 1 aromatic carbocycles. The Balaban J connectivity index is 2.34. The summed E-state index contributed by atoms with van der Waals surface area (Å²) in [6.07, 6.45) is 0. The topological polar surface area (TPSA) is 44.1 Å². The summed E-state index contributed by atoms with van der Waals surface area (Å²) in [7, 11) is 0. The van der Waals surface area contributed by atoms with E-state index in [9.17, 15) is 4.79 Å². The van der Waals surface area contributed by atoms with E-state index in [1.807, 2.05) is 38.1 Å². The van der Waals surface area contributed by atoms with Crippen molar-refractivity contribution in [3.05, 3.63) is 47.3 Å². The van der Waals surface area contributed by atoms with Crippen molar-refractivity contribution >= 4 is 5.97 Å². The number of esters is 1. The number of carbonyl (C=O) groups is 1. The van der Waals surface area contributed by atoms with Gasteiger partial charge in [0.05, 0.1) is 12.3 Å². The Labute approximate surface area is 106 Å². The molecule has 18 heavy (non-hydrogen) atoms. The van der Waals surface area contributed by atoms with Gasteiger partial charge in [0.2, 0.25) is 0 Å². The van der Waals surface area contributed by atoms with Crippen molar-refractivity contribution in [1.82, 2.24) is 9.78 Å². The summed E-state index contributed by atoms with van der Waals surface area (Å²) in [6, 6.07) is 9.72. The Kier molecular flexibility index (Phi) is 3.46. The molecule has 0 spiro atoms. The maximum atomic E-state index is 11.6. The molecule has 0 aliphatic carbocycles. The molecule has 0 saturated heterocycles. The number of nitrogens with zero attached hydrogens (tertiary/aromatic N) is 2. The fourth-order valence-electron chi connectivity index (χ4n) is 1.73. The molecule has 2 aromatic rings. The highest BCUT2D eigenvalue weighted by molar-refractivity contribution is 5.87. The van der Waals surface area contributed by atoms with Gasteiger partial charge in [-0.05, 0) is 39.0 Å². The minimum Gasteiger partial charge on any atom is -0.461 e. The Bertz CT molecular complexity index is 556. The Morgan fingerprint density at radius 3 is 2.56 bits per heavy atom. The van der Waals surface area contributed by atoms with Crippen molar-refractivity contribution in [3.63, 3.8) is 0 Å². The molecule has 1 aromatic heterocycles. The molecule has 0 radical (unpaired) electrons. The van der Waals surface area contributed by atoms with Gasteiger partial charge in [-0.3, -0.25) is 0 Å². The molecule has 0 aliphatic rings. The molecule has 4 heteroatoms. The SMILES string of the molecule is CCOC(=O)c1cc(C)n(-c2ccc(C)cc2)n1. The average molecular weight is 244 g/mol. The Hall–Kier alpha value is -2.10. The van der Waals surface area contributed by atoms with Crippen LogP contribution in [0.3, 0.4) is 0 Å². The van der Waals surface area contributed by atoms with Gasteiger partial charge in [-0.25, -0.2) is 9.48 Å². The fraction of sp³-hybridized carbons (Fsp3) is 0.286. The minimum atomic E-state index is -0.383. The van der Waals surface area contributed by atoms with Crippen molar-refractivity contribution in [1.29, 1.82) is 0 Å². The number of benzene rings is 1. The zero-order valence-corrected chi connectivity index (χ0v) is 10.8. The molecule has 0 bridgehead atoms. The summed E-state index contributed by atoms with van der Waals surface area (Å²) in [6.45, 7) is 6.08. The molecule has 0 aliphatic heterocycles. The summed E-state index contributed by atoms with van der Waals surface area (Å²) < 4.78 is 6.68. The number of carbonyl (C=O) groups excluding carboxylic acids is 1. The van der Waals surface area contributed by atoms with Crippen LogP contribution in [-0.2, 0) is 4.74 Å². The van der Waals surface area contributed by atoms with E-state index in [1.54, 1.807) is 17.7 Å². The van der Waals surface area contributed by atoms with E-state index in [2.05, 4.69) is 5.10 Å². The van der Waals surface area contributed by atoms with Crippen LogP contribution in [0.25, 0.3) is 5.69 Å². The van der Waals surface area contributed by atoms with Crippen molar-refractivity contribution in [3.8, 4) is 5.69 Å². The van der Waals surface area contributed by atoms with Gasteiger partial charge in [-0.1, -0.05) is 17.7 Å². The van der Waals surface area contributed by atoms with Gasteiger partial charge in [0.25, 0.3) is 0 Å². The first kappa shape index (κ1) is 12.4. The van der Waals surface area contributed by atoms with Gasteiger partial charge in [-0.2, -0.15) is 5.10 Å². The van der Waals surface area contributed by atoms with Crippen molar-refractivity contribution in [2.45, 2.75) is 20.8 Å². The summed E-state index contributed by atoms with van der Waals surface area (Å²) in [4.78, 5) is 11.6. The molecule has 1 heterocycles. The van der Waals surface area contributed by atoms with E-state index >= 15 is 0 Å². The second kappa shape index (κ2) is 5.04. The van der Waals surface area contributed by atoms with Gasteiger partial charge in [-0.15, -0.1) is 0 Å². The van der Waals surface area contributed by atoms with Crippen LogP contribution in [0, 0.1) is 13.8 Å². The highest BCUT2D eigenvalue weighted by atomic mass is 16.5. The molecule has 0 atom stereocenters. The van der Waals surface area contributed by atoms with Crippen LogP contribution in [-0.4, -0.2) is 22.4 Å². The highest BCUT2D eigenvalue weighted by Crippen LogP contribution is 2.13. The minimum absolute atomic E-state index is 0.343. The number of hydrogen-bond acceptors (Lipinski definition) is 3. The molecular formula is C14H16N2O2. The van der Waals surface area contributed by atoms with Crippen LogP contribution in [0.1, 0.15) is 28.7 Å². The van der Waals surface area contributed by atoms with Gasteiger partial charge in [0, 0.05) is 5.69 Å². The van der Waals surface area contributed by atoms with E-state index in [0.717, 1.165) is 11.4 Å². The third kappa shape index (κ3) is 2.42. The molecule has 0 saturated carbocycles. The first-order valence-electron chi connectivity index (χ1n) is 5.92. The lowest BCUT2D eigenvalue weighted by Gasteiger charge is -2.04. The van der Waals surface area contributed by atoms with Crippen LogP contribution in [0.15, 0.2) is 30.3 Å². The zero-order chi connectivity index (χ0) is 13.1. The van der Waals surface area contributed by atoms with Crippen molar-refractivity contribution < 1.29 is 9.53 Å². The van der Waals surface area contributed by atoms with E-state index in [4.69, 9.17) is 4.74 Å². The molecule has 0 fully saturated rings. The molecule has 0 N–H and O–H groups in total. The monoisotopic (exact) mass is 244 g/mol. The van der Waals surface area contributed by atoms with Gasteiger partial charge < -0.3 is 4.74 Å². The van der Waals surface area contributed by atoms with E-state index < -0.39 is 0 Å². The maximum Gasteiger partial charge on any atom is 0.358 e. The number of ether oxygens (including phenoxy) is 1. The van der Waals surface area contributed by atoms with Crippen LogP contribution >= 0.6 is 0 Å². The van der Waals surface area contributed by atoms with Crippen LogP contribution in [0.5, 0.6) is 0 Å². The Morgan fingerprint density at radius 2 is 1.94 bits per heavy atom. The third-order valence-electron chi connectivity index (χ3n) is 2.65. The quantitative estimate of drug-likeness (QED) is 0.780. The third-order valence-corrected chi connectivity index (χ3v) is 2.65. The second-order valence-corrected chi connectivity index (χ2v) is 4.14. The Morgan fingerprint density at radius 1 is 1.28 bits per heavy atom. The summed E-state index contributed by atoms with van der Waals surface area (Å²) in [5.41, 5.74) is 3.37. The van der Waals surface area contributed by atoms with Gasteiger partial charge in [0.15, 0.2) is 5.69 Å². The van der Waals surface area contributed by atoms with Crippen molar-refractivity contribution in [2.24, 2.45) is 0 Å². The van der Waals surface area contributed by atoms with Crippen molar-refractivity contribution in [2.75, 3.05) is 6.61 Å². The lowest BCUT2D eigenvalue weighted by Crippen LogP contribution is -2.06. The number of rotatable bonds is 3. The van der Waals surface area contributed by atoms with Crippen LogP contribution in [0.4, 0.5) is 0 Å². The van der Waals surface area contributed by atoms with Crippen LogP contribution < -0.4 is 0 Å². The second-order valence-electron chi connectivity index (χ2n) is 4.14. The summed E-state index contributed by atoms with van der Waals surface area (Å²) in [5.74, 6) is -0.383. The van der Waals surface area contributed by atoms with E-state index in [-0.39, 0.29) is 5.97 Å². The predicted octanol–water partition coefficient (Wildman–Crippen LogP) is 2.67. The first-order chi connectivity index (χ1) is 8.61. The smallest absolute Gasteiger partial charge is 0.358 e. The summed E-state index contributed by atoms with van der Waals surface area (Å²) in [5, 5.41) is 4.27. The number of hydrogen-bond donors (Lipinski definition) is 0. The van der Waals surface area contributed by atoms with E-state index in [0.29, 0.717) is 12.3 Å². The lowest BCUT2D eigenvalue weighted by molar-refractivity contribution is 0.0519. The standard InChI is InChI=1S/C14H16N2O2/c1-4-18-14(17)13-9-11(3)16(15-13)12-7-5-10(2)6-8-12/h5-9H,4H2,1-3H3. The van der Waals surface area contributed by atoms with E-state index in [1.165, 1.54) is 5.56 Å². The normalized spacial score (nSPS) is 10.4. The molecule has 4 nitrogen and oxygen atoms in total. The largest absolute Gasteiger partial charge is 0.461 e. The van der Waals surface area contributed by atoms with Gasteiger partial charge in [0.1, 0.15) is 0 Å². The molecule has 0 amide bonds. The highest BCUT2D eigenvalue weighted by Gasteiger charge is 2.13. The van der Waals surface area contributed by atoms with Crippen LogP contribution in [0.2, 0.25) is 0 Å². The first-order valence-corrected chi connectivity index (χ1v) is 5.92. The average Bonchev–Trinajstić information content (AvgIpc) is 2.73. The number of aromatic nitrogens is 2. The fourth-order valence-corrected chi connectivity index (χ4v) is 1.73.